The molecule has 0 aliphatic rings. The molecule has 102 valence electrons. The maximum atomic E-state index is 11.5. The van der Waals surface area contributed by atoms with Gasteiger partial charge in [0.1, 0.15) is 9.84 Å². The molecule has 0 spiro atoms. The number of sulfone groups is 1. The van der Waals surface area contributed by atoms with E-state index in [0.717, 1.165) is 12.8 Å². The van der Waals surface area contributed by atoms with Gasteiger partial charge in [0.15, 0.2) is 0 Å². The molecule has 0 aromatic rings. The van der Waals surface area contributed by atoms with Gasteiger partial charge in [-0.2, -0.15) is 0 Å². The summed E-state index contributed by atoms with van der Waals surface area (Å²) in [7, 11) is -3.08. The normalized spacial score (nSPS) is 15.5. The van der Waals surface area contributed by atoms with E-state index < -0.39 is 21.2 Å². The third-order valence-corrected chi connectivity index (χ3v) is 5.18. The van der Waals surface area contributed by atoms with E-state index in [2.05, 4.69) is 0 Å². The molecule has 0 aromatic heterocycles. The number of unbranched alkanes of at least 4 members (excludes halogenated alkanes) is 1. The second kappa shape index (κ2) is 6.99. The van der Waals surface area contributed by atoms with Crippen molar-refractivity contribution in [2.24, 2.45) is 5.41 Å². The lowest BCUT2D eigenvalue weighted by Gasteiger charge is -2.27. The molecule has 0 bridgehead atoms. The Morgan fingerprint density at radius 1 is 1.18 bits per heavy atom. The maximum Gasteiger partial charge on any atom is 0.309 e. The Kier molecular flexibility index (Phi) is 6.75. The van der Waals surface area contributed by atoms with Crippen molar-refractivity contribution in [3.8, 4) is 0 Å². The topological polar surface area (TPSA) is 71.4 Å². The van der Waals surface area contributed by atoms with Gasteiger partial charge in [0, 0.05) is 5.75 Å². The van der Waals surface area contributed by atoms with Crippen LogP contribution in [0.4, 0.5) is 0 Å². The number of aliphatic carboxylic acids is 1. The summed E-state index contributed by atoms with van der Waals surface area (Å²) in [5.74, 6) is -0.798. The summed E-state index contributed by atoms with van der Waals surface area (Å²) in [4.78, 5) is 11.4. The number of carboxylic acid groups (broad SMARTS) is 1. The zero-order valence-electron chi connectivity index (χ0n) is 11.0. The fourth-order valence-corrected chi connectivity index (χ4v) is 2.84. The molecule has 0 aliphatic carbocycles. The molecule has 1 atom stereocenters. The van der Waals surface area contributed by atoms with E-state index in [1.54, 1.807) is 6.92 Å². The lowest BCUT2D eigenvalue weighted by atomic mass is 9.78. The average Bonchev–Trinajstić information content (AvgIpc) is 2.29. The van der Waals surface area contributed by atoms with Gasteiger partial charge in [-0.05, 0) is 19.3 Å². The quantitative estimate of drug-likeness (QED) is 0.694. The first-order chi connectivity index (χ1) is 7.83. The molecule has 0 aliphatic heterocycles. The highest BCUT2D eigenvalue weighted by Gasteiger charge is 2.36. The predicted molar refractivity (Wildman–Crippen MR) is 68.8 cm³/mol. The molecule has 0 amide bonds. The Balaban J connectivity index is 4.75. The van der Waals surface area contributed by atoms with Crippen LogP contribution in [0, 0.1) is 5.41 Å². The number of rotatable bonds is 9. The van der Waals surface area contributed by atoms with Crippen molar-refractivity contribution in [2.75, 3.05) is 11.5 Å². The van der Waals surface area contributed by atoms with Gasteiger partial charge in [0.2, 0.25) is 0 Å². The monoisotopic (exact) mass is 264 g/mol. The molecule has 0 saturated carbocycles. The Labute approximate surface area is 104 Å². The van der Waals surface area contributed by atoms with Crippen molar-refractivity contribution >= 4 is 15.8 Å². The van der Waals surface area contributed by atoms with Crippen LogP contribution >= 0.6 is 0 Å². The average molecular weight is 264 g/mol. The second-order valence-electron chi connectivity index (χ2n) is 4.53. The summed E-state index contributed by atoms with van der Waals surface area (Å²) in [6, 6.07) is 0. The molecule has 4 nitrogen and oxygen atoms in total. The van der Waals surface area contributed by atoms with Crippen LogP contribution in [0.2, 0.25) is 0 Å². The van der Waals surface area contributed by atoms with Crippen LogP contribution in [-0.2, 0) is 14.6 Å². The van der Waals surface area contributed by atoms with Crippen LogP contribution in [0.15, 0.2) is 0 Å². The third-order valence-electron chi connectivity index (χ3n) is 3.47. The zero-order valence-corrected chi connectivity index (χ0v) is 11.8. The number of hydrogen-bond acceptors (Lipinski definition) is 3. The van der Waals surface area contributed by atoms with Crippen molar-refractivity contribution in [1.29, 1.82) is 0 Å². The minimum atomic E-state index is -3.08. The highest BCUT2D eigenvalue weighted by Crippen LogP contribution is 2.33. The van der Waals surface area contributed by atoms with E-state index in [0.29, 0.717) is 12.8 Å². The highest BCUT2D eigenvalue weighted by atomic mass is 32.2. The Hall–Kier alpha value is -0.580. The molecular weight excluding hydrogens is 240 g/mol. The van der Waals surface area contributed by atoms with Gasteiger partial charge in [0.25, 0.3) is 0 Å². The van der Waals surface area contributed by atoms with Crippen LogP contribution in [0.25, 0.3) is 0 Å². The molecule has 1 N–H and O–H groups in total. The first kappa shape index (κ1) is 16.4. The van der Waals surface area contributed by atoms with Crippen molar-refractivity contribution < 1.29 is 18.3 Å². The van der Waals surface area contributed by atoms with Gasteiger partial charge in [-0.1, -0.05) is 33.6 Å². The summed E-state index contributed by atoms with van der Waals surface area (Å²) in [5.41, 5.74) is -0.863. The van der Waals surface area contributed by atoms with Crippen LogP contribution in [0.1, 0.15) is 52.9 Å². The van der Waals surface area contributed by atoms with E-state index in [4.69, 9.17) is 0 Å². The zero-order chi connectivity index (χ0) is 13.5. The standard InChI is InChI=1S/C12H24O4S/c1-4-7-8-12(5-2,11(13)14)9-10-17(15,16)6-3/h4-10H2,1-3H3,(H,13,14). The Morgan fingerprint density at radius 2 is 1.76 bits per heavy atom. The number of carbonyl (C=O) groups is 1. The van der Waals surface area contributed by atoms with Crippen LogP contribution in [0.3, 0.4) is 0 Å². The fourth-order valence-electron chi connectivity index (χ4n) is 1.85. The van der Waals surface area contributed by atoms with Crippen LogP contribution in [-0.4, -0.2) is 31.0 Å². The molecule has 0 aromatic carbocycles. The molecule has 0 fully saturated rings. The first-order valence-electron chi connectivity index (χ1n) is 6.27. The number of hydrogen-bond donors (Lipinski definition) is 1. The second-order valence-corrected chi connectivity index (χ2v) is 7.00. The lowest BCUT2D eigenvalue weighted by molar-refractivity contribution is -0.150. The van der Waals surface area contributed by atoms with E-state index in [1.165, 1.54) is 0 Å². The SMILES string of the molecule is CCCCC(CC)(CCS(=O)(=O)CC)C(=O)O. The van der Waals surface area contributed by atoms with Crippen molar-refractivity contribution in [2.45, 2.75) is 52.9 Å². The Morgan fingerprint density at radius 3 is 2.12 bits per heavy atom. The van der Waals surface area contributed by atoms with Gasteiger partial charge in [0.05, 0.1) is 11.2 Å². The van der Waals surface area contributed by atoms with E-state index in [-0.39, 0.29) is 17.9 Å². The van der Waals surface area contributed by atoms with Crippen molar-refractivity contribution in [1.82, 2.24) is 0 Å². The molecule has 0 saturated heterocycles. The summed E-state index contributed by atoms with van der Waals surface area (Å²) in [6.45, 7) is 5.42. The molecule has 0 radical (unpaired) electrons. The molecule has 17 heavy (non-hydrogen) atoms. The summed E-state index contributed by atoms with van der Waals surface area (Å²) in [5, 5.41) is 9.33. The van der Waals surface area contributed by atoms with Crippen molar-refractivity contribution in [3.05, 3.63) is 0 Å². The lowest BCUT2D eigenvalue weighted by Crippen LogP contribution is -2.33. The minimum Gasteiger partial charge on any atom is -0.481 e. The van der Waals surface area contributed by atoms with Crippen LogP contribution in [0.5, 0.6) is 0 Å². The number of carboxylic acids is 1. The third kappa shape index (κ3) is 5.06. The summed E-state index contributed by atoms with van der Waals surface area (Å²) < 4.78 is 22.9. The van der Waals surface area contributed by atoms with E-state index in [1.807, 2.05) is 13.8 Å². The molecule has 1 unspecified atom stereocenters. The smallest absolute Gasteiger partial charge is 0.309 e. The molecule has 5 heteroatoms. The highest BCUT2D eigenvalue weighted by molar-refractivity contribution is 7.91. The predicted octanol–water partition coefficient (Wildman–Crippen LogP) is 2.48. The van der Waals surface area contributed by atoms with Crippen LogP contribution < -0.4 is 0 Å². The van der Waals surface area contributed by atoms with Gasteiger partial charge < -0.3 is 5.11 Å². The molecule has 0 heterocycles. The first-order valence-corrected chi connectivity index (χ1v) is 8.09. The largest absolute Gasteiger partial charge is 0.481 e. The van der Waals surface area contributed by atoms with Gasteiger partial charge >= 0.3 is 5.97 Å². The minimum absolute atomic E-state index is 0.0205. The summed E-state index contributed by atoms with van der Waals surface area (Å²) in [6.07, 6.45) is 3.03. The summed E-state index contributed by atoms with van der Waals surface area (Å²) >= 11 is 0. The molecular formula is C12H24O4S. The van der Waals surface area contributed by atoms with Crippen molar-refractivity contribution in [3.63, 3.8) is 0 Å². The van der Waals surface area contributed by atoms with Gasteiger partial charge in [-0.15, -0.1) is 0 Å². The van der Waals surface area contributed by atoms with E-state index in [9.17, 15) is 18.3 Å². The van der Waals surface area contributed by atoms with Gasteiger partial charge in [-0.3, -0.25) is 4.79 Å². The maximum absolute atomic E-state index is 11.5. The Bertz CT molecular complexity index is 334. The fraction of sp³-hybridized carbons (Fsp3) is 0.917. The van der Waals surface area contributed by atoms with E-state index >= 15 is 0 Å². The van der Waals surface area contributed by atoms with Gasteiger partial charge in [-0.25, -0.2) is 8.42 Å². The molecule has 0 rings (SSSR count).